The minimum absolute atomic E-state index is 0.163. The molecule has 0 aliphatic rings. The Bertz CT molecular complexity index is 159. The fraction of sp³-hybridized carbons (Fsp3) is 0.909. The Balaban J connectivity index is 3.66. The van der Waals surface area contributed by atoms with E-state index < -0.39 is 5.97 Å². The van der Waals surface area contributed by atoms with E-state index in [-0.39, 0.29) is 12.0 Å². The number of hydrogen-bond acceptors (Lipinski definition) is 2. The summed E-state index contributed by atoms with van der Waals surface area (Å²) < 4.78 is 0. The summed E-state index contributed by atoms with van der Waals surface area (Å²) >= 11 is 0. The molecule has 0 fully saturated rings. The van der Waals surface area contributed by atoms with Crippen LogP contribution in [0, 0.1) is 5.92 Å². The average molecular weight is 201 g/mol. The van der Waals surface area contributed by atoms with Crippen LogP contribution >= 0.6 is 0 Å². The molecule has 0 aromatic rings. The van der Waals surface area contributed by atoms with Gasteiger partial charge in [-0.3, -0.25) is 4.79 Å². The zero-order chi connectivity index (χ0) is 11.0. The second-order valence-electron chi connectivity index (χ2n) is 3.92. The van der Waals surface area contributed by atoms with Gasteiger partial charge in [0.2, 0.25) is 0 Å². The molecule has 0 spiro atoms. The molecule has 0 rings (SSSR count). The first-order chi connectivity index (χ1) is 6.61. The topological polar surface area (TPSA) is 63.3 Å². The SMILES string of the molecule is CCCC(CCCC(N)CC)C(=O)O. The highest BCUT2D eigenvalue weighted by molar-refractivity contribution is 5.69. The zero-order valence-electron chi connectivity index (χ0n) is 9.33. The molecule has 0 radical (unpaired) electrons. The van der Waals surface area contributed by atoms with Crippen molar-refractivity contribution in [3.05, 3.63) is 0 Å². The summed E-state index contributed by atoms with van der Waals surface area (Å²) in [6, 6.07) is 0.242. The molecule has 0 aliphatic carbocycles. The molecule has 0 heterocycles. The predicted octanol–water partition coefficient (Wildman–Crippen LogP) is 2.39. The quantitative estimate of drug-likeness (QED) is 0.633. The number of aliphatic carboxylic acids is 1. The highest BCUT2D eigenvalue weighted by atomic mass is 16.4. The number of carbonyl (C=O) groups is 1. The van der Waals surface area contributed by atoms with Gasteiger partial charge in [-0.05, 0) is 25.7 Å². The molecule has 0 amide bonds. The molecule has 0 bridgehead atoms. The zero-order valence-corrected chi connectivity index (χ0v) is 9.33. The summed E-state index contributed by atoms with van der Waals surface area (Å²) in [5, 5.41) is 8.90. The van der Waals surface area contributed by atoms with Gasteiger partial charge in [-0.2, -0.15) is 0 Å². The number of carboxylic acid groups (broad SMARTS) is 1. The normalized spacial score (nSPS) is 15.1. The number of nitrogens with two attached hydrogens (primary N) is 1. The van der Waals surface area contributed by atoms with Crippen molar-refractivity contribution in [2.75, 3.05) is 0 Å². The van der Waals surface area contributed by atoms with Crippen LogP contribution in [0.2, 0.25) is 0 Å². The van der Waals surface area contributed by atoms with E-state index >= 15 is 0 Å². The minimum atomic E-state index is -0.656. The Morgan fingerprint density at radius 2 is 1.93 bits per heavy atom. The van der Waals surface area contributed by atoms with Gasteiger partial charge in [-0.15, -0.1) is 0 Å². The maximum atomic E-state index is 10.8. The van der Waals surface area contributed by atoms with Gasteiger partial charge in [0.25, 0.3) is 0 Å². The maximum Gasteiger partial charge on any atom is 0.306 e. The third-order valence-corrected chi connectivity index (χ3v) is 2.64. The first kappa shape index (κ1) is 13.4. The summed E-state index contributed by atoms with van der Waals surface area (Å²) in [6.45, 7) is 4.08. The smallest absolute Gasteiger partial charge is 0.306 e. The lowest BCUT2D eigenvalue weighted by molar-refractivity contribution is -0.142. The Labute approximate surface area is 86.7 Å². The fourth-order valence-corrected chi connectivity index (χ4v) is 1.57. The second kappa shape index (κ2) is 7.80. The summed E-state index contributed by atoms with van der Waals surface area (Å²) in [5.41, 5.74) is 5.76. The minimum Gasteiger partial charge on any atom is -0.481 e. The molecular weight excluding hydrogens is 178 g/mol. The van der Waals surface area contributed by atoms with Crippen LogP contribution in [0.4, 0.5) is 0 Å². The van der Waals surface area contributed by atoms with Gasteiger partial charge in [0, 0.05) is 6.04 Å². The third-order valence-electron chi connectivity index (χ3n) is 2.64. The summed E-state index contributed by atoms with van der Waals surface area (Å²) in [6.07, 6.45) is 5.37. The molecule has 0 saturated carbocycles. The van der Waals surface area contributed by atoms with Crippen molar-refractivity contribution in [3.8, 4) is 0 Å². The van der Waals surface area contributed by atoms with Crippen LogP contribution in [-0.2, 0) is 4.79 Å². The van der Waals surface area contributed by atoms with Crippen LogP contribution in [-0.4, -0.2) is 17.1 Å². The lowest BCUT2D eigenvalue weighted by atomic mass is 9.95. The van der Waals surface area contributed by atoms with Gasteiger partial charge < -0.3 is 10.8 Å². The first-order valence-corrected chi connectivity index (χ1v) is 5.60. The van der Waals surface area contributed by atoms with Crippen LogP contribution in [0.3, 0.4) is 0 Å². The molecule has 84 valence electrons. The Morgan fingerprint density at radius 3 is 2.36 bits per heavy atom. The van der Waals surface area contributed by atoms with Crippen LogP contribution in [0.1, 0.15) is 52.4 Å². The lowest BCUT2D eigenvalue weighted by Gasteiger charge is -2.12. The summed E-state index contributed by atoms with van der Waals surface area (Å²) in [4.78, 5) is 10.8. The second-order valence-corrected chi connectivity index (χ2v) is 3.92. The van der Waals surface area contributed by atoms with Gasteiger partial charge in [-0.1, -0.05) is 26.7 Å². The van der Waals surface area contributed by atoms with Gasteiger partial charge in [0.15, 0.2) is 0 Å². The molecule has 0 saturated heterocycles. The van der Waals surface area contributed by atoms with E-state index in [4.69, 9.17) is 10.8 Å². The van der Waals surface area contributed by atoms with E-state index in [1.165, 1.54) is 0 Å². The van der Waals surface area contributed by atoms with E-state index in [2.05, 4.69) is 6.92 Å². The van der Waals surface area contributed by atoms with E-state index in [1.54, 1.807) is 0 Å². The molecule has 0 aromatic heterocycles. The lowest BCUT2D eigenvalue weighted by Crippen LogP contribution is -2.19. The number of carboxylic acids is 1. The largest absolute Gasteiger partial charge is 0.481 e. The summed E-state index contributed by atoms with van der Waals surface area (Å²) in [7, 11) is 0. The van der Waals surface area contributed by atoms with E-state index in [1.807, 2.05) is 6.92 Å². The van der Waals surface area contributed by atoms with Crippen molar-refractivity contribution in [2.24, 2.45) is 11.7 Å². The van der Waals surface area contributed by atoms with Crippen LogP contribution in [0.5, 0.6) is 0 Å². The molecule has 3 N–H and O–H groups in total. The van der Waals surface area contributed by atoms with Crippen molar-refractivity contribution < 1.29 is 9.90 Å². The van der Waals surface area contributed by atoms with Crippen molar-refractivity contribution in [1.82, 2.24) is 0 Å². The Morgan fingerprint density at radius 1 is 1.29 bits per heavy atom. The third kappa shape index (κ3) is 5.97. The fourth-order valence-electron chi connectivity index (χ4n) is 1.57. The Kier molecular flexibility index (Phi) is 7.48. The van der Waals surface area contributed by atoms with Gasteiger partial charge >= 0.3 is 5.97 Å². The van der Waals surface area contributed by atoms with Crippen molar-refractivity contribution in [1.29, 1.82) is 0 Å². The summed E-state index contributed by atoms with van der Waals surface area (Å²) in [5.74, 6) is -0.819. The number of rotatable bonds is 8. The van der Waals surface area contributed by atoms with Crippen LogP contribution in [0.25, 0.3) is 0 Å². The van der Waals surface area contributed by atoms with Gasteiger partial charge in [-0.25, -0.2) is 0 Å². The van der Waals surface area contributed by atoms with E-state index in [0.717, 1.165) is 38.5 Å². The van der Waals surface area contributed by atoms with Crippen LogP contribution < -0.4 is 5.73 Å². The molecule has 3 nitrogen and oxygen atoms in total. The molecule has 0 aromatic carbocycles. The molecule has 0 aliphatic heterocycles. The maximum absolute atomic E-state index is 10.8. The highest BCUT2D eigenvalue weighted by Crippen LogP contribution is 2.16. The Hall–Kier alpha value is -0.570. The van der Waals surface area contributed by atoms with Crippen molar-refractivity contribution in [2.45, 2.75) is 58.4 Å². The van der Waals surface area contributed by atoms with Crippen molar-refractivity contribution in [3.63, 3.8) is 0 Å². The van der Waals surface area contributed by atoms with Crippen LogP contribution in [0.15, 0.2) is 0 Å². The molecule has 3 heteroatoms. The molecular formula is C11H23NO2. The van der Waals surface area contributed by atoms with Gasteiger partial charge in [0.1, 0.15) is 0 Å². The monoisotopic (exact) mass is 201 g/mol. The van der Waals surface area contributed by atoms with Gasteiger partial charge in [0.05, 0.1) is 5.92 Å². The first-order valence-electron chi connectivity index (χ1n) is 5.60. The molecule has 2 unspecified atom stereocenters. The predicted molar refractivity (Wildman–Crippen MR) is 58.2 cm³/mol. The van der Waals surface area contributed by atoms with E-state index in [0.29, 0.717) is 0 Å². The molecule has 2 atom stereocenters. The molecule has 14 heavy (non-hydrogen) atoms. The van der Waals surface area contributed by atoms with Crippen molar-refractivity contribution >= 4 is 5.97 Å². The average Bonchev–Trinajstić information content (AvgIpc) is 2.16. The number of hydrogen-bond donors (Lipinski definition) is 2. The highest BCUT2D eigenvalue weighted by Gasteiger charge is 2.15. The standard InChI is InChI=1S/C11H23NO2/c1-3-6-9(11(13)14)7-5-8-10(12)4-2/h9-10H,3-8,12H2,1-2H3,(H,13,14). The van der Waals surface area contributed by atoms with E-state index in [9.17, 15) is 4.79 Å².